The van der Waals surface area contributed by atoms with Crippen LogP contribution in [0.4, 0.5) is 0 Å². The molecule has 2 fully saturated rings. The first kappa shape index (κ1) is 15.4. The van der Waals surface area contributed by atoms with Gasteiger partial charge in [0.05, 0.1) is 6.04 Å². The highest BCUT2D eigenvalue weighted by molar-refractivity contribution is 5.83. The number of imidazole rings is 1. The molecule has 1 aliphatic carbocycles. The molecule has 2 aromatic rings. The molecule has 0 unspecified atom stereocenters. The molecule has 4 rings (SSSR count). The van der Waals surface area contributed by atoms with Gasteiger partial charge in [0.2, 0.25) is 5.91 Å². The summed E-state index contributed by atoms with van der Waals surface area (Å²) in [5.74, 6) is 1.92. The molecule has 1 saturated heterocycles. The third kappa shape index (κ3) is 2.73. The highest BCUT2D eigenvalue weighted by Crippen LogP contribution is 2.48. The van der Waals surface area contributed by atoms with Gasteiger partial charge in [-0.05, 0) is 24.9 Å². The molecular formula is C19H24N4O. The lowest BCUT2D eigenvalue weighted by Crippen LogP contribution is -2.50. The molecule has 1 aliphatic heterocycles. The van der Waals surface area contributed by atoms with Crippen LogP contribution in [0, 0.1) is 5.92 Å². The Balaban J connectivity index is 1.45. The van der Waals surface area contributed by atoms with Gasteiger partial charge in [0.15, 0.2) is 0 Å². The summed E-state index contributed by atoms with van der Waals surface area (Å²) in [6, 6.07) is 10.6. The monoisotopic (exact) mass is 324 g/mol. The topological polar surface area (TPSA) is 41.4 Å². The van der Waals surface area contributed by atoms with Crippen LogP contribution in [0.15, 0.2) is 42.7 Å². The molecule has 24 heavy (non-hydrogen) atoms. The van der Waals surface area contributed by atoms with Crippen molar-refractivity contribution in [2.24, 2.45) is 13.0 Å². The molecule has 2 aliphatic rings. The van der Waals surface area contributed by atoms with E-state index in [1.165, 1.54) is 5.56 Å². The van der Waals surface area contributed by atoms with Gasteiger partial charge < -0.3 is 9.47 Å². The molecule has 0 bridgehead atoms. The van der Waals surface area contributed by atoms with Crippen molar-refractivity contribution < 1.29 is 4.79 Å². The van der Waals surface area contributed by atoms with E-state index in [1.807, 2.05) is 30.4 Å². The van der Waals surface area contributed by atoms with Crippen LogP contribution in [0.3, 0.4) is 0 Å². The van der Waals surface area contributed by atoms with Gasteiger partial charge in [0.25, 0.3) is 0 Å². The number of amides is 1. The fraction of sp³-hybridized carbons (Fsp3) is 0.474. The molecule has 1 aromatic heterocycles. The van der Waals surface area contributed by atoms with E-state index >= 15 is 0 Å². The lowest BCUT2D eigenvalue weighted by Gasteiger charge is -2.39. The van der Waals surface area contributed by atoms with Gasteiger partial charge in [-0.25, -0.2) is 4.98 Å². The van der Waals surface area contributed by atoms with E-state index in [9.17, 15) is 4.79 Å². The molecular weight excluding hydrogens is 300 g/mol. The summed E-state index contributed by atoms with van der Waals surface area (Å²) in [5.41, 5.74) is 1.30. The largest absolute Gasteiger partial charge is 0.339 e. The van der Waals surface area contributed by atoms with Crippen LogP contribution in [0.5, 0.6) is 0 Å². The van der Waals surface area contributed by atoms with Gasteiger partial charge in [-0.1, -0.05) is 30.3 Å². The number of carbonyl (C=O) groups excluding carboxylic acids is 1. The number of aryl methyl sites for hydroxylation is 1. The van der Waals surface area contributed by atoms with Crippen molar-refractivity contribution in [3.05, 3.63) is 54.1 Å². The maximum Gasteiger partial charge on any atom is 0.226 e. The first-order chi connectivity index (χ1) is 11.6. The fourth-order valence-electron chi connectivity index (χ4n) is 3.82. The van der Waals surface area contributed by atoms with Gasteiger partial charge in [-0.2, -0.15) is 0 Å². The minimum Gasteiger partial charge on any atom is -0.339 e. The number of carbonyl (C=O) groups is 1. The average molecular weight is 324 g/mol. The predicted octanol–water partition coefficient (Wildman–Crippen LogP) is 2.04. The van der Waals surface area contributed by atoms with E-state index in [1.54, 1.807) is 0 Å². The predicted molar refractivity (Wildman–Crippen MR) is 92.4 cm³/mol. The molecule has 1 aromatic carbocycles. The van der Waals surface area contributed by atoms with Gasteiger partial charge in [-0.15, -0.1) is 0 Å². The van der Waals surface area contributed by atoms with Crippen LogP contribution in [-0.4, -0.2) is 51.9 Å². The number of likely N-dealkylation sites (N-methyl/N-ethyl adjacent to an activating group) is 1. The third-order valence-corrected chi connectivity index (χ3v) is 5.45. The van der Waals surface area contributed by atoms with Crippen LogP contribution in [-0.2, 0) is 11.8 Å². The standard InChI is InChI=1S/C19H24N4O/c1-21-10-11-23(13-17(21)18-20-8-9-22(18)2)19(24)16-12-15(16)14-6-4-3-5-7-14/h3-9,15-17H,10-13H2,1-2H3/t15-,16+,17-/m0/s1. The molecule has 2 heterocycles. The zero-order valence-electron chi connectivity index (χ0n) is 14.3. The van der Waals surface area contributed by atoms with E-state index in [2.05, 4.69) is 45.8 Å². The SMILES string of the molecule is CN1CCN(C(=O)[C@@H]2C[C@H]2c2ccccc2)C[C@H]1c1nccn1C. The van der Waals surface area contributed by atoms with E-state index in [4.69, 9.17) is 0 Å². The van der Waals surface area contributed by atoms with Crippen LogP contribution in [0.25, 0.3) is 0 Å². The van der Waals surface area contributed by atoms with E-state index in [0.29, 0.717) is 11.8 Å². The van der Waals surface area contributed by atoms with Crippen molar-refractivity contribution in [3.63, 3.8) is 0 Å². The summed E-state index contributed by atoms with van der Waals surface area (Å²) in [4.78, 5) is 21.8. The van der Waals surface area contributed by atoms with Gasteiger partial charge in [0.1, 0.15) is 5.82 Å². The Morgan fingerprint density at radius 3 is 2.67 bits per heavy atom. The van der Waals surface area contributed by atoms with Crippen LogP contribution in [0.2, 0.25) is 0 Å². The number of nitrogens with zero attached hydrogens (tertiary/aromatic N) is 4. The summed E-state index contributed by atoms with van der Waals surface area (Å²) >= 11 is 0. The zero-order chi connectivity index (χ0) is 16.7. The van der Waals surface area contributed by atoms with E-state index in [0.717, 1.165) is 31.9 Å². The van der Waals surface area contributed by atoms with E-state index in [-0.39, 0.29) is 12.0 Å². The molecule has 5 heteroatoms. The molecule has 5 nitrogen and oxygen atoms in total. The van der Waals surface area contributed by atoms with Gasteiger partial charge >= 0.3 is 0 Å². The van der Waals surface area contributed by atoms with E-state index < -0.39 is 0 Å². The van der Waals surface area contributed by atoms with Crippen molar-refractivity contribution >= 4 is 5.91 Å². The normalized spacial score (nSPS) is 27.2. The number of aromatic nitrogens is 2. The molecule has 3 atom stereocenters. The fourth-order valence-corrected chi connectivity index (χ4v) is 3.82. The zero-order valence-corrected chi connectivity index (χ0v) is 14.3. The highest BCUT2D eigenvalue weighted by atomic mass is 16.2. The maximum atomic E-state index is 12.9. The van der Waals surface area contributed by atoms with Crippen molar-refractivity contribution in [2.45, 2.75) is 18.4 Å². The second-order valence-electron chi connectivity index (χ2n) is 7.04. The Bertz CT molecular complexity index is 726. The number of benzene rings is 1. The maximum absolute atomic E-state index is 12.9. The first-order valence-corrected chi connectivity index (χ1v) is 8.66. The molecule has 1 amide bonds. The second-order valence-corrected chi connectivity index (χ2v) is 7.04. The number of piperazine rings is 1. The van der Waals surface area contributed by atoms with Gasteiger partial charge in [0, 0.05) is 45.0 Å². The summed E-state index contributed by atoms with van der Waals surface area (Å²) < 4.78 is 2.05. The summed E-state index contributed by atoms with van der Waals surface area (Å²) in [6.45, 7) is 2.44. The molecule has 0 spiro atoms. The molecule has 0 N–H and O–H groups in total. The minimum absolute atomic E-state index is 0.165. The number of hydrogen-bond acceptors (Lipinski definition) is 3. The Labute approximate surface area is 142 Å². The Kier molecular flexibility index (Phi) is 3.88. The van der Waals surface area contributed by atoms with Crippen LogP contribution >= 0.6 is 0 Å². The van der Waals surface area contributed by atoms with Crippen LogP contribution in [0.1, 0.15) is 29.8 Å². The lowest BCUT2D eigenvalue weighted by molar-refractivity contribution is -0.135. The number of rotatable bonds is 3. The van der Waals surface area contributed by atoms with Crippen molar-refractivity contribution in [2.75, 3.05) is 26.7 Å². The lowest BCUT2D eigenvalue weighted by atomic mass is 10.1. The first-order valence-electron chi connectivity index (χ1n) is 8.66. The van der Waals surface area contributed by atoms with Crippen LogP contribution < -0.4 is 0 Å². The average Bonchev–Trinajstić information content (AvgIpc) is 3.30. The quantitative estimate of drug-likeness (QED) is 0.867. The van der Waals surface area contributed by atoms with Gasteiger partial charge in [-0.3, -0.25) is 9.69 Å². The Hall–Kier alpha value is -2.14. The minimum atomic E-state index is 0.165. The Morgan fingerprint density at radius 1 is 1.17 bits per heavy atom. The highest BCUT2D eigenvalue weighted by Gasteiger charge is 2.46. The van der Waals surface area contributed by atoms with Crippen molar-refractivity contribution in [1.82, 2.24) is 19.4 Å². The third-order valence-electron chi connectivity index (χ3n) is 5.45. The smallest absolute Gasteiger partial charge is 0.226 e. The summed E-state index contributed by atoms with van der Waals surface area (Å²) in [5, 5.41) is 0. The molecule has 1 saturated carbocycles. The van der Waals surface area contributed by atoms with Crippen molar-refractivity contribution in [1.29, 1.82) is 0 Å². The molecule has 126 valence electrons. The van der Waals surface area contributed by atoms with Crippen molar-refractivity contribution in [3.8, 4) is 0 Å². The summed E-state index contributed by atoms with van der Waals surface area (Å²) in [6.07, 6.45) is 4.79. The summed E-state index contributed by atoms with van der Waals surface area (Å²) in [7, 11) is 4.13. The second kappa shape index (κ2) is 6.06. The molecule has 0 radical (unpaired) electrons. The Morgan fingerprint density at radius 2 is 1.96 bits per heavy atom. The number of hydrogen-bond donors (Lipinski definition) is 0.